The molecule has 0 amide bonds. The number of imidazole rings is 1. The van der Waals surface area contributed by atoms with Crippen molar-refractivity contribution in [2.24, 2.45) is 0 Å². The van der Waals surface area contributed by atoms with E-state index in [0.717, 1.165) is 61.9 Å². The van der Waals surface area contributed by atoms with E-state index in [-0.39, 0.29) is 54.3 Å². The molecule has 433 valence electrons. The molecule has 0 unspecified atom stereocenters. The third-order valence-corrected chi connectivity index (χ3v) is 18.0. The third-order valence-electron chi connectivity index (χ3n) is 18.0. The number of halogens is 1. The Kier molecular flexibility index (Phi) is 15.0. The maximum atomic E-state index is 12.7. The van der Waals surface area contributed by atoms with Crippen LogP contribution in [0, 0.1) is 31.8 Å². The predicted octanol–water partition coefficient (Wildman–Crippen LogP) is 18.6. The van der Waals surface area contributed by atoms with Crippen molar-refractivity contribution >= 4 is 51.2 Å². The average molecular weight is 1300 g/mol. The molecule has 2 aromatic heterocycles. The number of aromatic nitrogens is 3. The number of benzene rings is 8. The van der Waals surface area contributed by atoms with Crippen LogP contribution in [0.25, 0.3) is 50.5 Å². The van der Waals surface area contributed by atoms with Crippen LogP contribution in [0.2, 0.25) is 0 Å². The summed E-state index contributed by atoms with van der Waals surface area (Å²) in [6.45, 7) is 39.1. The van der Waals surface area contributed by atoms with Gasteiger partial charge < -0.3 is 19.2 Å². The minimum Gasteiger partial charge on any atom is -0.458 e. The second-order valence-corrected chi connectivity index (χ2v) is 28.0. The number of hydrogen-bond acceptors (Lipinski definition) is 4. The molecule has 0 fully saturated rings. The molecule has 13 rings (SSSR count). The van der Waals surface area contributed by atoms with Crippen LogP contribution < -0.4 is 26.0 Å². The Morgan fingerprint density at radius 2 is 1.26 bits per heavy atom. The molecule has 8 aromatic carbocycles. The van der Waals surface area contributed by atoms with E-state index in [2.05, 4.69) is 240 Å². The van der Waals surface area contributed by atoms with Gasteiger partial charge in [-0.3, -0.25) is 9.37 Å². The predicted molar refractivity (Wildman–Crippen MR) is 351 cm³/mol. The van der Waals surface area contributed by atoms with Gasteiger partial charge in [-0.15, -0.1) is 65.7 Å². The van der Waals surface area contributed by atoms with E-state index in [0.29, 0.717) is 11.8 Å². The first-order valence-electron chi connectivity index (χ1n) is 30.1. The average Bonchev–Trinajstić information content (AvgIpc) is 1.55. The molecule has 3 aliphatic heterocycles. The van der Waals surface area contributed by atoms with E-state index >= 15 is 0 Å². The Bertz CT molecular complexity index is 4220. The number of para-hydroxylation sites is 1. The van der Waals surface area contributed by atoms with Crippen LogP contribution in [0.5, 0.6) is 11.5 Å². The smallest absolute Gasteiger partial charge is 0.256 e. The Morgan fingerprint density at radius 1 is 0.588 bits per heavy atom. The quantitative estimate of drug-likeness (QED) is 0.123. The third kappa shape index (κ3) is 10.4. The SMILES string of the molecule is CC(C)c1cccc(C(C)C)c1-n1c(-c2[c-]cccc2)nc2ccc(-c3cc4c5c(c3)N3c6ccc(C(C)(C)C)cc6C(C)(C)c6cc(C(C)(C)C)cc(c63)B5c3cc(C(C)(C)C)ccc3O4)cc21.Cc1cnc(-c2[c-]cc(F)cc2)cc1C.[Ir]. The zero-order valence-corrected chi connectivity index (χ0v) is 55.0. The molecule has 5 nitrogen and oxygen atoms in total. The number of fused-ring (bicyclic) bond motifs is 7. The Hall–Kier alpha value is -7.38. The number of rotatable bonds is 6. The number of anilines is 3. The summed E-state index contributed by atoms with van der Waals surface area (Å²) in [6.07, 6.45) is 1.82. The zero-order valence-electron chi connectivity index (χ0n) is 52.6. The first-order chi connectivity index (χ1) is 39.7. The molecular weight excluding hydrogens is 1220 g/mol. The number of ether oxygens (including phenoxy) is 1. The topological polar surface area (TPSA) is 43.2 Å². The van der Waals surface area contributed by atoms with Crippen molar-refractivity contribution in [1.82, 2.24) is 14.5 Å². The molecule has 0 saturated carbocycles. The van der Waals surface area contributed by atoms with Crippen molar-refractivity contribution < 1.29 is 29.2 Å². The summed E-state index contributed by atoms with van der Waals surface area (Å²) in [7, 11) is 0. The Balaban J connectivity index is 0.000000409. The van der Waals surface area contributed by atoms with Gasteiger partial charge >= 0.3 is 0 Å². The minimum absolute atomic E-state index is 0. The van der Waals surface area contributed by atoms with Crippen LogP contribution >= 0.6 is 0 Å². The summed E-state index contributed by atoms with van der Waals surface area (Å²) in [4.78, 5) is 12.3. The molecule has 0 aliphatic carbocycles. The van der Waals surface area contributed by atoms with Gasteiger partial charge in [-0.2, -0.15) is 0 Å². The zero-order chi connectivity index (χ0) is 59.7. The van der Waals surface area contributed by atoms with Crippen molar-refractivity contribution in [1.29, 1.82) is 0 Å². The molecular formula is C77H78BFIrN4O-2. The minimum atomic E-state index is -0.275. The summed E-state index contributed by atoms with van der Waals surface area (Å²) < 4.78 is 22.4. The largest absolute Gasteiger partial charge is 0.458 e. The summed E-state index contributed by atoms with van der Waals surface area (Å²) in [5.74, 6) is 3.07. The summed E-state index contributed by atoms with van der Waals surface area (Å²) in [6, 6.07) is 58.8. The van der Waals surface area contributed by atoms with Crippen LogP contribution in [0.4, 0.5) is 21.5 Å². The molecule has 10 aromatic rings. The van der Waals surface area contributed by atoms with E-state index in [1.807, 2.05) is 38.2 Å². The van der Waals surface area contributed by atoms with Crippen molar-refractivity contribution in [3.05, 3.63) is 220 Å². The van der Waals surface area contributed by atoms with Gasteiger partial charge in [0.05, 0.1) is 22.5 Å². The van der Waals surface area contributed by atoms with Crippen LogP contribution in [-0.4, -0.2) is 21.2 Å². The maximum absolute atomic E-state index is 12.7. The van der Waals surface area contributed by atoms with Gasteiger partial charge in [-0.1, -0.05) is 176 Å². The molecule has 3 aliphatic rings. The van der Waals surface area contributed by atoms with Crippen LogP contribution in [0.15, 0.2) is 152 Å². The number of pyridine rings is 1. The van der Waals surface area contributed by atoms with E-state index in [4.69, 9.17) is 9.72 Å². The molecule has 85 heavy (non-hydrogen) atoms. The molecule has 0 bridgehead atoms. The Morgan fingerprint density at radius 3 is 1.89 bits per heavy atom. The molecule has 0 saturated heterocycles. The van der Waals surface area contributed by atoms with Gasteiger partial charge in [0.25, 0.3) is 6.71 Å². The van der Waals surface area contributed by atoms with E-state index in [1.165, 1.54) is 95.8 Å². The van der Waals surface area contributed by atoms with Gasteiger partial charge in [-0.05, 0) is 156 Å². The monoisotopic (exact) mass is 1300 g/mol. The van der Waals surface area contributed by atoms with Crippen molar-refractivity contribution in [2.45, 2.75) is 151 Å². The first-order valence-corrected chi connectivity index (χ1v) is 30.1. The first kappa shape index (κ1) is 59.4. The van der Waals surface area contributed by atoms with Crippen LogP contribution in [-0.2, 0) is 41.8 Å². The second kappa shape index (κ2) is 21.5. The summed E-state index contributed by atoms with van der Waals surface area (Å²) >= 11 is 0. The van der Waals surface area contributed by atoms with Gasteiger partial charge in [0.1, 0.15) is 11.5 Å². The fraction of sp³-hybridized carbons (Fsp3) is 0.299. The van der Waals surface area contributed by atoms with Crippen molar-refractivity contribution in [3.63, 3.8) is 0 Å². The summed E-state index contributed by atoms with van der Waals surface area (Å²) in [5, 5.41) is 0. The number of aryl methyl sites for hydroxylation is 2. The van der Waals surface area contributed by atoms with Gasteiger partial charge in [0, 0.05) is 54.6 Å². The van der Waals surface area contributed by atoms with Crippen LogP contribution in [0.3, 0.4) is 0 Å². The van der Waals surface area contributed by atoms with Gasteiger partial charge in [0.2, 0.25) is 0 Å². The maximum Gasteiger partial charge on any atom is 0.256 e. The fourth-order valence-electron chi connectivity index (χ4n) is 12.8. The van der Waals surface area contributed by atoms with Crippen molar-refractivity contribution in [3.8, 4) is 51.0 Å². The normalized spacial score (nSPS) is 13.8. The molecule has 8 heteroatoms. The van der Waals surface area contributed by atoms with Gasteiger partial charge in [0.15, 0.2) is 0 Å². The second-order valence-electron chi connectivity index (χ2n) is 28.0. The van der Waals surface area contributed by atoms with Gasteiger partial charge in [-0.25, -0.2) is 0 Å². The molecule has 1 radical (unpaired) electrons. The Labute approximate surface area is 518 Å². The van der Waals surface area contributed by atoms with Crippen LogP contribution in [0.1, 0.15) is 166 Å². The molecule has 0 spiro atoms. The fourth-order valence-corrected chi connectivity index (χ4v) is 12.8. The standard InChI is InChI=1S/C64H67BN3O.C13H11FN.Ir/c1-37(2)45-22-19-23-46(38(3)4)58(45)68-53-30-40(24-27-51(53)66-60(68)39-20-17-16-18-21-39)41-31-54-57-56(32-41)69-55-29-26-43(62(8,9)10)35-49(55)65(57)50-36-44(63(11,12)13)34-48-59(50)67(54)52-28-25-42(61(5,6)7)33-47(52)64(48,14)15;1-9-7-13(15-8-10(9)2)11-3-5-12(14)6-4-11;/h16-20,22-38H,1-15H3;3,5-8H,1-2H3;/q2*-1;. The molecule has 5 heterocycles. The summed E-state index contributed by atoms with van der Waals surface area (Å²) in [5.41, 5.74) is 26.9. The molecule has 0 N–H and O–H groups in total. The number of nitrogens with zero attached hydrogens (tertiary/aromatic N) is 4. The molecule has 0 atom stereocenters. The number of hydrogen-bond donors (Lipinski definition) is 0. The van der Waals surface area contributed by atoms with Crippen molar-refractivity contribution in [2.75, 3.05) is 4.90 Å². The van der Waals surface area contributed by atoms with E-state index in [9.17, 15) is 4.39 Å². The van der Waals surface area contributed by atoms with E-state index in [1.54, 1.807) is 6.07 Å². The van der Waals surface area contributed by atoms with E-state index < -0.39 is 0 Å².